The molecule has 4 rings (SSSR count). The zero-order valence-electron chi connectivity index (χ0n) is 20.4. The molecule has 10 heteroatoms. The van der Waals surface area contributed by atoms with E-state index in [0.717, 1.165) is 24.5 Å². The third-order valence-electron chi connectivity index (χ3n) is 6.12. The predicted octanol–water partition coefficient (Wildman–Crippen LogP) is 9.38. The van der Waals surface area contributed by atoms with Crippen molar-refractivity contribution >= 4 is 0 Å². The normalized spacial score (nSPS) is 11.7. The summed E-state index contributed by atoms with van der Waals surface area (Å²) in [6.07, 6.45) is -3.18. The van der Waals surface area contributed by atoms with Crippen LogP contribution in [0, 0.1) is 47.6 Å². The predicted molar refractivity (Wildman–Crippen MR) is 127 cm³/mol. The van der Waals surface area contributed by atoms with Crippen molar-refractivity contribution in [1.29, 1.82) is 0 Å². The molecule has 39 heavy (non-hydrogen) atoms. The topological polar surface area (TPSA) is 9.23 Å². The van der Waals surface area contributed by atoms with Gasteiger partial charge in [0.05, 0.1) is 0 Å². The van der Waals surface area contributed by atoms with Gasteiger partial charge in [0.15, 0.2) is 17.4 Å². The van der Waals surface area contributed by atoms with Gasteiger partial charge in [-0.15, -0.1) is 0 Å². The summed E-state index contributed by atoms with van der Waals surface area (Å²) in [4.78, 5) is 0. The molecule has 0 N–H and O–H groups in total. The van der Waals surface area contributed by atoms with E-state index in [4.69, 9.17) is 0 Å². The lowest BCUT2D eigenvalue weighted by Crippen LogP contribution is -2.26. The van der Waals surface area contributed by atoms with Crippen molar-refractivity contribution < 1.29 is 44.3 Å². The van der Waals surface area contributed by atoms with E-state index in [-0.39, 0.29) is 5.56 Å². The Morgan fingerprint density at radius 3 is 1.74 bits per heavy atom. The highest BCUT2D eigenvalue weighted by Crippen LogP contribution is 2.40. The van der Waals surface area contributed by atoms with Gasteiger partial charge in [0.2, 0.25) is 11.6 Å². The summed E-state index contributed by atoms with van der Waals surface area (Å²) >= 11 is 0. The van der Waals surface area contributed by atoms with Crippen LogP contribution in [0.1, 0.15) is 30.0 Å². The van der Waals surface area contributed by atoms with Crippen molar-refractivity contribution in [2.45, 2.75) is 32.8 Å². The van der Waals surface area contributed by atoms with Crippen LogP contribution in [0.2, 0.25) is 0 Å². The minimum Gasteiger partial charge on any atom is -0.425 e. The average Bonchev–Trinajstić information content (AvgIpc) is 2.89. The number of halogens is 9. The van der Waals surface area contributed by atoms with Crippen LogP contribution < -0.4 is 4.74 Å². The highest BCUT2D eigenvalue weighted by molar-refractivity contribution is 5.71. The van der Waals surface area contributed by atoms with Crippen LogP contribution in [-0.4, -0.2) is 0 Å². The molecule has 0 heterocycles. The summed E-state index contributed by atoms with van der Waals surface area (Å²) in [5.41, 5.74) is -1.72. The summed E-state index contributed by atoms with van der Waals surface area (Å²) < 4.78 is 133. The molecule has 0 bridgehead atoms. The van der Waals surface area contributed by atoms with E-state index >= 15 is 0 Å². The molecule has 204 valence electrons. The van der Waals surface area contributed by atoms with Gasteiger partial charge in [0, 0.05) is 11.1 Å². The Morgan fingerprint density at radius 2 is 1.18 bits per heavy atom. The first kappa shape index (κ1) is 28.1. The maximum absolute atomic E-state index is 14.9. The lowest BCUT2D eigenvalue weighted by Gasteiger charge is -2.22. The van der Waals surface area contributed by atoms with Crippen molar-refractivity contribution in [1.82, 2.24) is 0 Å². The van der Waals surface area contributed by atoms with Crippen molar-refractivity contribution in [3.05, 3.63) is 112 Å². The Kier molecular flexibility index (Phi) is 7.68. The van der Waals surface area contributed by atoms with Gasteiger partial charge in [0.1, 0.15) is 23.0 Å². The van der Waals surface area contributed by atoms with Crippen LogP contribution in [0.4, 0.5) is 39.5 Å². The monoisotopic (exact) mass is 554 g/mol. The van der Waals surface area contributed by atoms with Gasteiger partial charge >= 0.3 is 6.11 Å². The zero-order valence-corrected chi connectivity index (χ0v) is 20.4. The van der Waals surface area contributed by atoms with Gasteiger partial charge in [-0.3, -0.25) is 0 Å². The van der Waals surface area contributed by atoms with Gasteiger partial charge < -0.3 is 4.74 Å². The van der Waals surface area contributed by atoms with Gasteiger partial charge in [0.25, 0.3) is 0 Å². The molecule has 0 radical (unpaired) electrons. The van der Waals surface area contributed by atoms with Gasteiger partial charge in [-0.25, -0.2) is 26.3 Å². The number of hydrogen-bond donors (Lipinski definition) is 0. The van der Waals surface area contributed by atoms with E-state index in [1.807, 2.05) is 19.1 Å². The van der Waals surface area contributed by atoms with E-state index in [1.54, 1.807) is 12.1 Å². The minimum absolute atomic E-state index is 0.306. The van der Waals surface area contributed by atoms with E-state index in [2.05, 4.69) is 4.74 Å². The van der Waals surface area contributed by atoms with Crippen LogP contribution in [-0.2, 0) is 12.5 Å². The lowest BCUT2D eigenvalue weighted by atomic mass is 9.97. The molecule has 0 unspecified atom stereocenters. The number of rotatable bonds is 7. The minimum atomic E-state index is -5.00. The van der Waals surface area contributed by atoms with E-state index in [0.29, 0.717) is 30.2 Å². The van der Waals surface area contributed by atoms with Crippen molar-refractivity contribution in [2.24, 2.45) is 0 Å². The van der Waals surface area contributed by atoms with Crippen LogP contribution in [0.25, 0.3) is 22.3 Å². The first-order valence-electron chi connectivity index (χ1n) is 11.6. The first-order valence-corrected chi connectivity index (χ1v) is 11.6. The first-order chi connectivity index (χ1) is 18.4. The van der Waals surface area contributed by atoms with Crippen molar-refractivity contribution in [3.8, 4) is 28.0 Å². The summed E-state index contributed by atoms with van der Waals surface area (Å²) in [5.74, 6) is -15.5. The molecule has 0 aliphatic carbocycles. The second-order valence-electron chi connectivity index (χ2n) is 8.79. The summed E-state index contributed by atoms with van der Waals surface area (Å²) in [6, 6.07) is 12.0. The third-order valence-corrected chi connectivity index (χ3v) is 6.12. The largest absolute Gasteiger partial charge is 0.432 e. The van der Waals surface area contributed by atoms with E-state index in [1.165, 1.54) is 12.1 Å². The number of aryl methyl sites for hydroxylation is 1. The molecule has 1 nitrogen and oxygen atoms in total. The Hall–Kier alpha value is -3.95. The maximum atomic E-state index is 14.9. The smallest absolute Gasteiger partial charge is 0.425 e. The number of ether oxygens (including phenoxy) is 1. The molecule has 4 aromatic carbocycles. The second-order valence-corrected chi connectivity index (χ2v) is 8.79. The van der Waals surface area contributed by atoms with Crippen LogP contribution in [0.15, 0.2) is 54.6 Å². The van der Waals surface area contributed by atoms with Gasteiger partial charge in [-0.2, -0.15) is 13.2 Å². The Morgan fingerprint density at radius 1 is 0.641 bits per heavy atom. The van der Waals surface area contributed by atoms with Crippen molar-refractivity contribution in [3.63, 3.8) is 0 Å². The number of alkyl halides is 2. The highest BCUT2D eigenvalue weighted by atomic mass is 19.3. The van der Waals surface area contributed by atoms with Crippen molar-refractivity contribution in [2.75, 3.05) is 0 Å². The zero-order chi connectivity index (χ0) is 28.6. The summed E-state index contributed by atoms with van der Waals surface area (Å²) in [5, 5.41) is 0. The Labute approximate surface area is 217 Å². The van der Waals surface area contributed by atoms with E-state index < -0.39 is 69.3 Å². The molecule has 0 spiro atoms. The second kappa shape index (κ2) is 10.7. The number of benzene rings is 4. The molecule has 0 aliphatic heterocycles. The quantitative estimate of drug-likeness (QED) is 0.126. The molecule has 0 saturated carbocycles. The Balaban J connectivity index is 1.68. The molecule has 0 aromatic heterocycles. The molecule has 0 saturated heterocycles. The number of hydrogen-bond acceptors (Lipinski definition) is 1. The van der Waals surface area contributed by atoms with Crippen LogP contribution in [0.3, 0.4) is 0 Å². The fourth-order valence-electron chi connectivity index (χ4n) is 4.11. The molecule has 0 atom stereocenters. The standard InChI is InChI=1S/C29H19F9O/c1-3-4-15-5-7-16(8-6-15)17-9-10-19(20(30)11-17)18-12-21(31)23(22(32)13-18)29(37,38)39-28-14(2)24(33)25(34)26(35)27(28)36/h5-13H,3-4H2,1-2H3. The lowest BCUT2D eigenvalue weighted by molar-refractivity contribution is -0.191. The molecule has 0 aliphatic rings. The SMILES string of the molecule is CCCc1ccc(-c2ccc(-c3cc(F)c(C(F)(F)Oc4c(C)c(F)c(F)c(F)c4F)c(F)c3)c(F)c2)cc1. The summed E-state index contributed by atoms with van der Waals surface area (Å²) in [7, 11) is 0. The summed E-state index contributed by atoms with van der Waals surface area (Å²) in [6.45, 7) is 2.64. The Bertz CT molecular complexity index is 1490. The fourth-order valence-corrected chi connectivity index (χ4v) is 4.11. The molecular weight excluding hydrogens is 535 g/mol. The van der Waals surface area contributed by atoms with Crippen LogP contribution >= 0.6 is 0 Å². The maximum Gasteiger partial charge on any atom is 0.432 e. The molecule has 4 aromatic rings. The molecular formula is C29H19F9O. The molecule has 0 amide bonds. The highest BCUT2D eigenvalue weighted by Gasteiger charge is 2.43. The average molecular weight is 554 g/mol. The van der Waals surface area contributed by atoms with Crippen LogP contribution in [0.5, 0.6) is 5.75 Å². The van der Waals surface area contributed by atoms with E-state index in [9.17, 15) is 39.5 Å². The fraction of sp³-hybridized carbons (Fsp3) is 0.172. The molecule has 0 fully saturated rings. The third kappa shape index (κ3) is 5.32. The van der Waals surface area contributed by atoms with Gasteiger partial charge in [-0.05, 0) is 53.8 Å². The van der Waals surface area contributed by atoms with Gasteiger partial charge in [-0.1, -0.05) is 49.7 Å².